The van der Waals surface area contributed by atoms with E-state index in [0.29, 0.717) is 24.8 Å². The maximum Gasteiger partial charge on any atom is 0.277 e. The van der Waals surface area contributed by atoms with Gasteiger partial charge in [0.1, 0.15) is 5.69 Å². The molecule has 1 aromatic heterocycles. The molecular weight excluding hydrogens is 178 g/mol. The summed E-state index contributed by atoms with van der Waals surface area (Å²) in [6, 6.07) is 0. The molecule has 0 saturated carbocycles. The van der Waals surface area contributed by atoms with Crippen molar-refractivity contribution in [1.82, 2.24) is 10.2 Å². The molecule has 1 aromatic rings. The van der Waals surface area contributed by atoms with E-state index in [1.807, 2.05) is 0 Å². The Bertz CT molecular complexity index is 346. The molecule has 0 radical (unpaired) electrons. The van der Waals surface area contributed by atoms with Gasteiger partial charge in [-0.05, 0) is 12.8 Å². The van der Waals surface area contributed by atoms with E-state index in [9.17, 15) is 13.6 Å². The number of alkyl halides is 2. The van der Waals surface area contributed by atoms with Crippen LogP contribution in [0.1, 0.15) is 34.6 Å². The summed E-state index contributed by atoms with van der Waals surface area (Å²) in [5, 5.41) is 6.01. The van der Waals surface area contributed by atoms with Crippen LogP contribution in [0.2, 0.25) is 0 Å². The van der Waals surface area contributed by atoms with E-state index in [1.54, 1.807) is 0 Å². The van der Waals surface area contributed by atoms with Crippen molar-refractivity contribution in [3.05, 3.63) is 17.0 Å². The minimum atomic E-state index is -2.89. The van der Waals surface area contributed by atoms with Gasteiger partial charge < -0.3 is 0 Å². The summed E-state index contributed by atoms with van der Waals surface area (Å²) in [6.45, 7) is 0. The average molecular weight is 186 g/mol. The topological polar surface area (TPSA) is 45.8 Å². The number of hydrogen-bond donors (Lipinski definition) is 1. The molecule has 3 nitrogen and oxygen atoms in total. The van der Waals surface area contributed by atoms with Crippen molar-refractivity contribution in [1.29, 1.82) is 0 Å². The minimum Gasteiger partial charge on any atom is -0.296 e. The molecule has 0 saturated heterocycles. The molecule has 70 valence electrons. The van der Waals surface area contributed by atoms with Crippen LogP contribution in [0.25, 0.3) is 0 Å². The fourth-order valence-electron chi connectivity index (χ4n) is 1.68. The van der Waals surface area contributed by atoms with Crippen LogP contribution in [0.4, 0.5) is 8.78 Å². The summed E-state index contributed by atoms with van der Waals surface area (Å²) >= 11 is 0. The van der Waals surface area contributed by atoms with Gasteiger partial charge in [-0.15, -0.1) is 0 Å². The smallest absolute Gasteiger partial charge is 0.277 e. The first-order valence-electron chi connectivity index (χ1n) is 4.06. The highest BCUT2D eigenvalue weighted by atomic mass is 19.3. The number of nitrogens with zero attached hydrogens (tertiary/aromatic N) is 1. The van der Waals surface area contributed by atoms with Crippen LogP contribution in [0.15, 0.2) is 0 Å². The van der Waals surface area contributed by atoms with E-state index in [4.69, 9.17) is 0 Å². The number of aromatic nitrogens is 2. The Morgan fingerprint density at radius 2 is 2.31 bits per heavy atom. The van der Waals surface area contributed by atoms with Crippen molar-refractivity contribution in [2.45, 2.75) is 25.2 Å². The number of aromatic amines is 1. The number of fused-ring (bicyclic) bond motifs is 1. The number of carbonyl (C=O) groups is 1. The predicted molar refractivity (Wildman–Crippen MR) is 40.8 cm³/mol. The van der Waals surface area contributed by atoms with Crippen LogP contribution in [0.5, 0.6) is 0 Å². The van der Waals surface area contributed by atoms with Gasteiger partial charge in [0.15, 0.2) is 6.29 Å². The molecule has 0 fully saturated rings. The van der Waals surface area contributed by atoms with Gasteiger partial charge >= 0.3 is 0 Å². The average Bonchev–Trinajstić information content (AvgIpc) is 2.48. The first kappa shape index (κ1) is 8.34. The van der Waals surface area contributed by atoms with E-state index >= 15 is 0 Å². The van der Waals surface area contributed by atoms with Crippen LogP contribution < -0.4 is 0 Å². The van der Waals surface area contributed by atoms with E-state index < -0.39 is 5.92 Å². The number of aryl methyl sites for hydroxylation is 1. The van der Waals surface area contributed by atoms with Crippen molar-refractivity contribution >= 4 is 6.29 Å². The van der Waals surface area contributed by atoms with E-state index in [1.165, 1.54) is 0 Å². The summed E-state index contributed by atoms with van der Waals surface area (Å²) in [7, 11) is 0. The predicted octanol–water partition coefficient (Wildman–Crippen LogP) is 1.65. The third-order valence-corrected chi connectivity index (χ3v) is 2.26. The summed E-state index contributed by atoms with van der Waals surface area (Å²) in [5.41, 5.74) is 0.0480. The molecule has 1 heterocycles. The molecule has 0 aliphatic heterocycles. The van der Waals surface area contributed by atoms with Crippen LogP contribution in [0, 0.1) is 0 Å². The van der Waals surface area contributed by atoms with Gasteiger partial charge in [-0.2, -0.15) is 5.10 Å². The number of nitrogens with one attached hydrogen (secondary N) is 1. The third-order valence-electron chi connectivity index (χ3n) is 2.26. The zero-order chi connectivity index (χ0) is 9.47. The van der Waals surface area contributed by atoms with Crippen molar-refractivity contribution in [3.63, 3.8) is 0 Å². The molecule has 1 aliphatic rings. The second kappa shape index (κ2) is 2.61. The first-order chi connectivity index (χ1) is 6.15. The maximum atomic E-state index is 13.3. The second-order valence-corrected chi connectivity index (χ2v) is 3.14. The quantitative estimate of drug-likeness (QED) is 0.678. The fourth-order valence-corrected chi connectivity index (χ4v) is 1.68. The van der Waals surface area contributed by atoms with Gasteiger partial charge in [-0.3, -0.25) is 9.89 Å². The van der Waals surface area contributed by atoms with Gasteiger partial charge in [-0.25, -0.2) is 8.78 Å². The molecule has 1 N–H and O–H groups in total. The Morgan fingerprint density at radius 3 is 3.00 bits per heavy atom. The van der Waals surface area contributed by atoms with Crippen LogP contribution in [0.3, 0.4) is 0 Å². The number of aldehydes is 1. The van der Waals surface area contributed by atoms with E-state index in [0.717, 1.165) is 0 Å². The number of halogens is 2. The van der Waals surface area contributed by atoms with Gasteiger partial charge in [0, 0.05) is 12.1 Å². The molecule has 0 amide bonds. The highest BCUT2D eigenvalue weighted by Crippen LogP contribution is 2.40. The normalized spacial score (nSPS) is 19.5. The second-order valence-electron chi connectivity index (χ2n) is 3.14. The lowest BCUT2D eigenvalue weighted by molar-refractivity contribution is -0.0222. The minimum absolute atomic E-state index is 0.153. The lowest BCUT2D eigenvalue weighted by Crippen LogP contribution is -2.21. The molecule has 0 spiro atoms. The van der Waals surface area contributed by atoms with Crippen molar-refractivity contribution < 1.29 is 13.6 Å². The van der Waals surface area contributed by atoms with Gasteiger partial charge in [0.2, 0.25) is 0 Å². The maximum absolute atomic E-state index is 13.3. The summed E-state index contributed by atoms with van der Waals surface area (Å²) in [4.78, 5) is 10.4. The van der Waals surface area contributed by atoms with Gasteiger partial charge in [0.05, 0.1) is 5.56 Å². The van der Waals surface area contributed by atoms with Crippen molar-refractivity contribution in [2.75, 3.05) is 0 Å². The lowest BCUT2D eigenvalue weighted by Gasteiger charge is -2.21. The number of carbonyl (C=O) groups excluding carboxylic acids is 1. The van der Waals surface area contributed by atoms with Gasteiger partial charge in [-0.1, -0.05) is 0 Å². The highest BCUT2D eigenvalue weighted by molar-refractivity contribution is 5.75. The molecule has 5 heteroatoms. The van der Waals surface area contributed by atoms with E-state index in [-0.39, 0.29) is 17.7 Å². The first-order valence-corrected chi connectivity index (χ1v) is 4.06. The number of rotatable bonds is 1. The van der Waals surface area contributed by atoms with Crippen LogP contribution in [-0.2, 0) is 12.3 Å². The number of hydrogen-bond acceptors (Lipinski definition) is 2. The van der Waals surface area contributed by atoms with E-state index in [2.05, 4.69) is 10.2 Å². The molecule has 0 atom stereocenters. The monoisotopic (exact) mass is 186 g/mol. The standard InChI is InChI=1S/C8H8F2N2O/c9-8(10)3-1-2-5-7(8)6(4-13)12-11-5/h4H,1-3H2,(H,11,12). The Kier molecular flexibility index (Phi) is 1.68. The largest absolute Gasteiger partial charge is 0.296 e. The molecular formula is C8H8F2N2O. The molecule has 1 aliphatic carbocycles. The van der Waals surface area contributed by atoms with Crippen molar-refractivity contribution in [3.8, 4) is 0 Å². The Labute approximate surface area is 73.1 Å². The lowest BCUT2D eigenvalue weighted by atomic mass is 9.92. The Morgan fingerprint density at radius 1 is 1.54 bits per heavy atom. The SMILES string of the molecule is O=Cc1n[nH]c2c1C(F)(F)CCC2. The van der Waals surface area contributed by atoms with Crippen molar-refractivity contribution in [2.24, 2.45) is 0 Å². The molecule has 0 unspecified atom stereocenters. The third kappa shape index (κ3) is 1.15. The molecule has 2 rings (SSSR count). The summed E-state index contributed by atoms with van der Waals surface area (Å²) in [6.07, 6.45) is 1.15. The molecule has 0 bridgehead atoms. The summed E-state index contributed by atoms with van der Waals surface area (Å²) < 4.78 is 26.5. The van der Waals surface area contributed by atoms with Crippen LogP contribution >= 0.6 is 0 Å². The summed E-state index contributed by atoms with van der Waals surface area (Å²) in [5.74, 6) is -2.89. The number of H-pyrrole nitrogens is 1. The molecule has 13 heavy (non-hydrogen) atoms. The Hall–Kier alpha value is -1.26. The van der Waals surface area contributed by atoms with Gasteiger partial charge in [0.25, 0.3) is 5.92 Å². The molecule has 0 aromatic carbocycles. The van der Waals surface area contributed by atoms with Crippen LogP contribution in [-0.4, -0.2) is 16.5 Å². The Balaban J connectivity index is 2.58. The zero-order valence-corrected chi connectivity index (χ0v) is 6.81. The fraction of sp³-hybridized carbons (Fsp3) is 0.500. The zero-order valence-electron chi connectivity index (χ0n) is 6.81. The highest BCUT2D eigenvalue weighted by Gasteiger charge is 2.40.